The summed E-state index contributed by atoms with van der Waals surface area (Å²) in [6.45, 7) is 3.37. The number of ether oxygens (including phenoxy) is 2. The van der Waals surface area contributed by atoms with E-state index in [1.54, 1.807) is 0 Å². The molecule has 5 heteroatoms. The van der Waals surface area contributed by atoms with Crippen molar-refractivity contribution in [3.63, 3.8) is 0 Å². The topological polar surface area (TPSA) is 42.2 Å². The van der Waals surface area contributed by atoms with Gasteiger partial charge in [0.25, 0.3) is 0 Å². The number of benzene rings is 1. The summed E-state index contributed by atoms with van der Waals surface area (Å²) in [6.07, 6.45) is 13.8. The van der Waals surface area contributed by atoms with Crippen LogP contribution in [0.5, 0.6) is 0 Å². The highest BCUT2D eigenvalue weighted by Crippen LogP contribution is 2.39. The van der Waals surface area contributed by atoms with E-state index in [-0.39, 0.29) is 0 Å². The SMILES string of the molecule is CCCCCCCCC1CCC(C2COC(c3cc(F)c(C#N)c(F)c3)OC2)CC1. The lowest BCUT2D eigenvalue weighted by Gasteiger charge is -2.38. The Labute approximate surface area is 179 Å². The van der Waals surface area contributed by atoms with Gasteiger partial charge < -0.3 is 9.47 Å². The minimum absolute atomic E-state index is 0.296. The molecule has 0 aromatic heterocycles. The second kappa shape index (κ2) is 11.8. The number of hydrogen-bond donors (Lipinski definition) is 0. The number of halogens is 2. The fourth-order valence-corrected chi connectivity index (χ4v) is 4.98. The lowest BCUT2D eigenvalue weighted by atomic mass is 9.74. The molecule has 1 aromatic carbocycles. The highest BCUT2D eigenvalue weighted by Gasteiger charge is 2.32. The highest BCUT2D eigenvalue weighted by molar-refractivity contribution is 5.35. The quantitative estimate of drug-likeness (QED) is 0.403. The smallest absolute Gasteiger partial charge is 0.184 e. The molecule has 3 rings (SSSR count). The Morgan fingerprint density at radius 2 is 1.50 bits per heavy atom. The van der Waals surface area contributed by atoms with Gasteiger partial charge in [0.05, 0.1) is 13.2 Å². The van der Waals surface area contributed by atoms with Crippen LogP contribution in [-0.4, -0.2) is 13.2 Å². The van der Waals surface area contributed by atoms with Crippen LogP contribution in [-0.2, 0) is 9.47 Å². The van der Waals surface area contributed by atoms with Crippen molar-refractivity contribution >= 4 is 0 Å². The van der Waals surface area contributed by atoms with Crippen LogP contribution in [0.1, 0.15) is 95.0 Å². The van der Waals surface area contributed by atoms with Crippen LogP contribution in [0.15, 0.2) is 12.1 Å². The number of nitrogens with zero attached hydrogens (tertiary/aromatic N) is 1. The second-order valence-electron chi connectivity index (χ2n) is 9.07. The first-order valence-corrected chi connectivity index (χ1v) is 11.7. The van der Waals surface area contributed by atoms with Crippen molar-refractivity contribution in [1.29, 1.82) is 5.26 Å². The van der Waals surface area contributed by atoms with E-state index in [0.717, 1.165) is 18.1 Å². The fourth-order valence-electron chi connectivity index (χ4n) is 4.98. The molecule has 0 atom stereocenters. The first-order chi connectivity index (χ1) is 14.6. The van der Waals surface area contributed by atoms with E-state index in [1.165, 1.54) is 76.7 Å². The highest BCUT2D eigenvalue weighted by atomic mass is 19.1. The Bertz CT molecular complexity index is 679. The van der Waals surface area contributed by atoms with Crippen molar-refractivity contribution in [2.45, 2.75) is 83.8 Å². The van der Waals surface area contributed by atoms with Gasteiger partial charge in [0.15, 0.2) is 6.29 Å². The maximum Gasteiger partial charge on any atom is 0.184 e. The summed E-state index contributed by atoms with van der Waals surface area (Å²) >= 11 is 0. The van der Waals surface area contributed by atoms with Crippen molar-refractivity contribution in [2.24, 2.45) is 17.8 Å². The molecule has 0 spiro atoms. The van der Waals surface area contributed by atoms with Crippen molar-refractivity contribution in [1.82, 2.24) is 0 Å². The third-order valence-corrected chi connectivity index (χ3v) is 6.90. The van der Waals surface area contributed by atoms with Gasteiger partial charge in [-0.2, -0.15) is 5.26 Å². The van der Waals surface area contributed by atoms with Crippen molar-refractivity contribution in [3.05, 3.63) is 34.9 Å². The van der Waals surface area contributed by atoms with Gasteiger partial charge in [0.1, 0.15) is 23.3 Å². The van der Waals surface area contributed by atoms with Crippen molar-refractivity contribution in [3.8, 4) is 6.07 Å². The van der Waals surface area contributed by atoms with E-state index in [1.807, 2.05) is 0 Å². The van der Waals surface area contributed by atoms with E-state index in [0.29, 0.717) is 30.6 Å². The molecule has 1 heterocycles. The zero-order valence-electron chi connectivity index (χ0n) is 18.2. The molecule has 1 aliphatic carbocycles. The minimum Gasteiger partial charge on any atom is -0.348 e. The van der Waals surface area contributed by atoms with Gasteiger partial charge in [-0.3, -0.25) is 0 Å². The maximum atomic E-state index is 13.9. The van der Waals surface area contributed by atoms with Crippen molar-refractivity contribution in [2.75, 3.05) is 13.2 Å². The zero-order chi connectivity index (χ0) is 21.3. The molecule has 0 N–H and O–H groups in total. The Kier molecular flexibility index (Phi) is 9.08. The summed E-state index contributed by atoms with van der Waals surface area (Å²) in [5, 5.41) is 8.80. The zero-order valence-corrected chi connectivity index (χ0v) is 18.2. The first-order valence-electron chi connectivity index (χ1n) is 11.7. The van der Waals surface area contributed by atoms with Gasteiger partial charge >= 0.3 is 0 Å². The lowest BCUT2D eigenvalue weighted by Crippen LogP contribution is -2.34. The molecule has 0 radical (unpaired) electrons. The molecule has 0 unspecified atom stereocenters. The van der Waals surface area contributed by atoms with Crippen LogP contribution in [0, 0.1) is 40.7 Å². The van der Waals surface area contributed by atoms with Crippen LogP contribution in [0.25, 0.3) is 0 Å². The third kappa shape index (κ3) is 6.25. The summed E-state index contributed by atoms with van der Waals surface area (Å²) < 4.78 is 39.4. The number of unbranched alkanes of at least 4 members (excludes halogenated alkanes) is 5. The molecule has 0 amide bonds. The molecule has 2 aliphatic rings. The molecule has 0 bridgehead atoms. The van der Waals surface area contributed by atoms with Gasteiger partial charge in [-0.25, -0.2) is 8.78 Å². The second-order valence-corrected chi connectivity index (χ2v) is 9.07. The van der Waals surface area contributed by atoms with E-state index in [4.69, 9.17) is 14.7 Å². The van der Waals surface area contributed by atoms with Crippen LogP contribution in [0.2, 0.25) is 0 Å². The molecule has 2 fully saturated rings. The van der Waals surface area contributed by atoms with Crippen LogP contribution in [0.4, 0.5) is 8.78 Å². The summed E-state index contributed by atoms with van der Waals surface area (Å²) in [6, 6.07) is 3.82. The minimum atomic E-state index is -0.870. The van der Waals surface area contributed by atoms with E-state index in [2.05, 4.69) is 6.92 Å². The molecule has 1 saturated heterocycles. The number of nitriles is 1. The van der Waals surface area contributed by atoms with Crippen molar-refractivity contribution < 1.29 is 18.3 Å². The van der Waals surface area contributed by atoms with Crippen LogP contribution < -0.4 is 0 Å². The van der Waals surface area contributed by atoms with E-state index in [9.17, 15) is 8.78 Å². The third-order valence-electron chi connectivity index (χ3n) is 6.90. The average Bonchev–Trinajstić information content (AvgIpc) is 2.76. The van der Waals surface area contributed by atoms with Crippen LogP contribution in [0.3, 0.4) is 0 Å². The Morgan fingerprint density at radius 1 is 0.900 bits per heavy atom. The van der Waals surface area contributed by atoms with Crippen LogP contribution >= 0.6 is 0 Å². The number of rotatable bonds is 9. The van der Waals surface area contributed by atoms with Gasteiger partial charge in [-0.05, 0) is 36.8 Å². The van der Waals surface area contributed by atoms with E-state index < -0.39 is 23.5 Å². The Morgan fingerprint density at radius 3 is 2.10 bits per heavy atom. The van der Waals surface area contributed by atoms with E-state index >= 15 is 0 Å². The first kappa shape index (κ1) is 23.2. The molecular weight excluding hydrogens is 384 g/mol. The maximum absolute atomic E-state index is 13.9. The summed E-state index contributed by atoms with van der Waals surface area (Å²) in [5.41, 5.74) is -0.268. The lowest BCUT2D eigenvalue weighted by molar-refractivity contribution is -0.215. The predicted molar refractivity (Wildman–Crippen MR) is 113 cm³/mol. The van der Waals surface area contributed by atoms with Gasteiger partial charge in [-0.15, -0.1) is 0 Å². The summed E-state index contributed by atoms with van der Waals surface area (Å²) in [7, 11) is 0. The monoisotopic (exact) mass is 419 g/mol. The molecule has 1 aliphatic heterocycles. The predicted octanol–water partition coefficient (Wildman–Crippen LogP) is 7.06. The van der Waals surface area contributed by atoms with Gasteiger partial charge in [0.2, 0.25) is 0 Å². The standard InChI is InChI=1S/C25H35F2NO2/c1-2-3-4-5-6-7-8-18-9-11-19(12-10-18)21-16-29-25(30-17-21)20-13-23(26)22(15-28)24(27)14-20/h13-14,18-19,21,25H,2-12,16-17H2,1H3. The summed E-state index contributed by atoms with van der Waals surface area (Å²) in [4.78, 5) is 0. The fraction of sp³-hybridized carbons (Fsp3) is 0.720. The Balaban J connectivity index is 1.38. The summed E-state index contributed by atoms with van der Waals surface area (Å²) in [5.74, 6) is 0.0942. The van der Waals surface area contributed by atoms with Gasteiger partial charge in [0, 0.05) is 11.5 Å². The molecule has 30 heavy (non-hydrogen) atoms. The Hall–Kier alpha value is -1.51. The molecule has 166 valence electrons. The normalized spacial score (nSPS) is 27.0. The molecule has 3 nitrogen and oxygen atoms in total. The average molecular weight is 420 g/mol. The molecular formula is C25H35F2NO2. The molecule has 1 aromatic rings. The molecule has 1 saturated carbocycles. The number of hydrogen-bond acceptors (Lipinski definition) is 3. The largest absolute Gasteiger partial charge is 0.348 e. The van der Waals surface area contributed by atoms with Gasteiger partial charge in [-0.1, -0.05) is 64.7 Å².